The maximum atomic E-state index is 12.4. The third kappa shape index (κ3) is 5.47. The summed E-state index contributed by atoms with van der Waals surface area (Å²) in [6, 6.07) is 17.2. The standard InChI is InChI=1S/C22H22ClN3O2/c1-28-21-8-3-2-6-17(21)14-26-20-12-18(13-24-15-20)22(27)25-10-9-16-5-4-7-19(23)11-16/h2-8,11-13,15,26H,9-10,14H2,1H3,(H,25,27). The van der Waals surface area contributed by atoms with Gasteiger partial charge in [0.15, 0.2) is 0 Å². The zero-order valence-corrected chi connectivity index (χ0v) is 16.4. The highest BCUT2D eigenvalue weighted by molar-refractivity contribution is 6.30. The number of ether oxygens (including phenoxy) is 1. The summed E-state index contributed by atoms with van der Waals surface area (Å²) in [4.78, 5) is 16.6. The molecule has 0 saturated carbocycles. The smallest absolute Gasteiger partial charge is 0.252 e. The molecule has 6 heteroatoms. The lowest BCUT2D eigenvalue weighted by molar-refractivity contribution is 0.0954. The topological polar surface area (TPSA) is 63.2 Å². The Hall–Kier alpha value is -3.05. The minimum Gasteiger partial charge on any atom is -0.496 e. The first-order valence-electron chi connectivity index (χ1n) is 8.99. The molecule has 0 spiro atoms. The van der Waals surface area contributed by atoms with Gasteiger partial charge in [-0.2, -0.15) is 0 Å². The number of aromatic nitrogens is 1. The molecule has 0 aliphatic carbocycles. The molecule has 0 aliphatic rings. The van der Waals surface area contributed by atoms with Crippen LogP contribution in [0.2, 0.25) is 5.02 Å². The molecule has 0 saturated heterocycles. The molecule has 0 bridgehead atoms. The van der Waals surface area contributed by atoms with Crippen LogP contribution in [-0.2, 0) is 13.0 Å². The van der Waals surface area contributed by atoms with Crippen molar-refractivity contribution in [3.63, 3.8) is 0 Å². The van der Waals surface area contributed by atoms with Crippen LogP contribution in [0.15, 0.2) is 67.0 Å². The number of carbonyl (C=O) groups is 1. The number of nitrogens with one attached hydrogen (secondary N) is 2. The van der Waals surface area contributed by atoms with Crippen molar-refractivity contribution in [2.75, 3.05) is 19.0 Å². The van der Waals surface area contributed by atoms with Gasteiger partial charge in [0.2, 0.25) is 0 Å². The van der Waals surface area contributed by atoms with E-state index < -0.39 is 0 Å². The number of anilines is 1. The Morgan fingerprint density at radius 1 is 1.11 bits per heavy atom. The van der Waals surface area contributed by atoms with Gasteiger partial charge in [0, 0.05) is 36.1 Å². The van der Waals surface area contributed by atoms with E-state index in [9.17, 15) is 4.79 Å². The van der Waals surface area contributed by atoms with Crippen LogP contribution in [0.5, 0.6) is 5.75 Å². The molecule has 3 aromatic rings. The Balaban J connectivity index is 1.55. The van der Waals surface area contributed by atoms with Crippen LogP contribution in [0.25, 0.3) is 0 Å². The van der Waals surface area contributed by atoms with Crippen LogP contribution < -0.4 is 15.4 Å². The van der Waals surface area contributed by atoms with E-state index in [-0.39, 0.29) is 5.91 Å². The first kappa shape index (κ1) is 19.7. The Kier molecular flexibility index (Phi) is 6.87. The number of benzene rings is 2. The molecule has 5 nitrogen and oxygen atoms in total. The lowest BCUT2D eigenvalue weighted by Gasteiger charge is -2.11. The van der Waals surface area contributed by atoms with Gasteiger partial charge in [-0.05, 0) is 36.2 Å². The van der Waals surface area contributed by atoms with E-state index in [2.05, 4.69) is 15.6 Å². The summed E-state index contributed by atoms with van der Waals surface area (Å²) in [7, 11) is 1.65. The highest BCUT2D eigenvalue weighted by Crippen LogP contribution is 2.19. The first-order valence-corrected chi connectivity index (χ1v) is 9.37. The zero-order chi connectivity index (χ0) is 19.8. The van der Waals surface area contributed by atoms with E-state index in [0.29, 0.717) is 30.1 Å². The average Bonchev–Trinajstić information content (AvgIpc) is 2.72. The fourth-order valence-electron chi connectivity index (χ4n) is 2.82. The number of carbonyl (C=O) groups excluding carboxylic acids is 1. The minimum atomic E-state index is -0.157. The van der Waals surface area contributed by atoms with E-state index >= 15 is 0 Å². The van der Waals surface area contributed by atoms with Crippen LogP contribution in [0.1, 0.15) is 21.5 Å². The van der Waals surface area contributed by atoms with Gasteiger partial charge in [-0.15, -0.1) is 0 Å². The fourth-order valence-corrected chi connectivity index (χ4v) is 3.03. The van der Waals surface area contributed by atoms with Crippen molar-refractivity contribution in [2.45, 2.75) is 13.0 Å². The van der Waals surface area contributed by atoms with E-state index in [1.54, 1.807) is 25.6 Å². The SMILES string of the molecule is COc1ccccc1CNc1cncc(C(=O)NCCc2cccc(Cl)c2)c1. The number of rotatable bonds is 8. The summed E-state index contributed by atoms with van der Waals surface area (Å²) in [5.74, 6) is 0.661. The number of methoxy groups -OCH3 is 1. The summed E-state index contributed by atoms with van der Waals surface area (Å²) in [5.41, 5.74) is 3.39. The van der Waals surface area contributed by atoms with Crippen molar-refractivity contribution in [1.82, 2.24) is 10.3 Å². The van der Waals surface area contributed by atoms with Crippen LogP contribution in [0.4, 0.5) is 5.69 Å². The number of hydrogen-bond acceptors (Lipinski definition) is 4. The minimum absolute atomic E-state index is 0.157. The van der Waals surface area contributed by atoms with E-state index in [0.717, 1.165) is 22.6 Å². The largest absolute Gasteiger partial charge is 0.496 e. The van der Waals surface area contributed by atoms with Crippen LogP contribution in [-0.4, -0.2) is 24.5 Å². The summed E-state index contributed by atoms with van der Waals surface area (Å²) in [6.45, 7) is 1.10. The molecule has 3 rings (SSSR count). The van der Waals surface area contributed by atoms with Crippen molar-refractivity contribution in [1.29, 1.82) is 0 Å². The van der Waals surface area contributed by atoms with E-state index in [1.165, 1.54) is 0 Å². The lowest BCUT2D eigenvalue weighted by atomic mass is 10.1. The van der Waals surface area contributed by atoms with Crippen LogP contribution in [0, 0.1) is 0 Å². The molecule has 1 amide bonds. The Labute approximate surface area is 169 Å². The number of amides is 1. The molecule has 1 aromatic heterocycles. The average molecular weight is 396 g/mol. The fraction of sp³-hybridized carbons (Fsp3) is 0.182. The molecule has 0 atom stereocenters. The van der Waals surface area contributed by atoms with Gasteiger partial charge in [-0.3, -0.25) is 9.78 Å². The maximum absolute atomic E-state index is 12.4. The molecule has 0 unspecified atom stereocenters. The van der Waals surface area contributed by atoms with E-state index in [4.69, 9.17) is 16.3 Å². The molecule has 2 N–H and O–H groups in total. The number of hydrogen-bond donors (Lipinski definition) is 2. The van der Waals surface area contributed by atoms with Crippen LogP contribution in [0.3, 0.4) is 0 Å². The van der Waals surface area contributed by atoms with Crippen LogP contribution >= 0.6 is 11.6 Å². The Morgan fingerprint density at radius 3 is 2.79 bits per heavy atom. The Bertz CT molecular complexity index is 946. The third-order valence-corrected chi connectivity index (χ3v) is 4.50. The Morgan fingerprint density at radius 2 is 1.96 bits per heavy atom. The summed E-state index contributed by atoms with van der Waals surface area (Å²) in [6.07, 6.45) is 3.96. The second-order valence-electron chi connectivity index (χ2n) is 6.26. The highest BCUT2D eigenvalue weighted by atomic mass is 35.5. The highest BCUT2D eigenvalue weighted by Gasteiger charge is 2.08. The van der Waals surface area contributed by atoms with Gasteiger partial charge >= 0.3 is 0 Å². The number of halogens is 1. The molecule has 0 fully saturated rings. The second kappa shape index (κ2) is 9.76. The van der Waals surface area contributed by atoms with Gasteiger partial charge in [0.25, 0.3) is 5.91 Å². The maximum Gasteiger partial charge on any atom is 0.252 e. The lowest BCUT2D eigenvalue weighted by Crippen LogP contribution is -2.25. The monoisotopic (exact) mass is 395 g/mol. The normalized spacial score (nSPS) is 10.4. The van der Waals surface area contributed by atoms with Gasteiger partial charge in [-0.25, -0.2) is 0 Å². The molecular formula is C22H22ClN3O2. The zero-order valence-electron chi connectivity index (χ0n) is 15.6. The third-order valence-electron chi connectivity index (χ3n) is 4.26. The predicted molar refractivity (Wildman–Crippen MR) is 112 cm³/mol. The number of nitrogens with zero attached hydrogens (tertiary/aromatic N) is 1. The summed E-state index contributed by atoms with van der Waals surface area (Å²) in [5, 5.41) is 6.89. The molecule has 1 heterocycles. The molecular weight excluding hydrogens is 374 g/mol. The van der Waals surface area contributed by atoms with Crippen molar-refractivity contribution < 1.29 is 9.53 Å². The quantitative estimate of drug-likeness (QED) is 0.596. The van der Waals surface area contributed by atoms with Gasteiger partial charge in [0.1, 0.15) is 5.75 Å². The summed E-state index contributed by atoms with van der Waals surface area (Å²) < 4.78 is 5.36. The van der Waals surface area contributed by atoms with Crippen molar-refractivity contribution in [3.8, 4) is 5.75 Å². The van der Waals surface area contributed by atoms with Gasteiger partial charge in [-0.1, -0.05) is 41.9 Å². The molecule has 144 valence electrons. The van der Waals surface area contributed by atoms with Gasteiger partial charge < -0.3 is 15.4 Å². The molecule has 2 aromatic carbocycles. The van der Waals surface area contributed by atoms with Crippen molar-refractivity contribution in [3.05, 3.63) is 88.7 Å². The molecule has 0 aliphatic heterocycles. The summed E-state index contributed by atoms with van der Waals surface area (Å²) >= 11 is 5.98. The van der Waals surface area contributed by atoms with Crippen molar-refractivity contribution in [2.24, 2.45) is 0 Å². The molecule has 28 heavy (non-hydrogen) atoms. The molecule has 0 radical (unpaired) electrons. The van der Waals surface area contributed by atoms with Gasteiger partial charge in [0.05, 0.1) is 18.4 Å². The van der Waals surface area contributed by atoms with Crippen molar-refractivity contribution >= 4 is 23.2 Å². The number of para-hydroxylation sites is 1. The second-order valence-corrected chi connectivity index (χ2v) is 6.70. The number of pyridine rings is 1. The predicted octanol–water partition coefficient (Wildman–Crippen LogP) is 4.33. The first-order chi connectivity index (χ1) is 13.7. The van der Waals surface area contributed by atoms with E-state index in [1.807, 2.05) is 48.5 Å².